The molecule has 28 heavy (non-hydrogen) atoms. The summed E-state index contributed by atoms with van der Waals surface area (Å²) in [7, 11) is 1.64. The highest BCUT2D eigenvalue weighted by Gasteiger charge is 2.13. The van der Waals surface area contributed by atoms with E-state index in [1.165, 1.54) is 5.56 Å². The highest BCUT2D eigenvalue weighted by molar-refractivity contribution is 5.92. The molecular weight excluding hydrogens is 352 g/mol. The zero-order valence-corrected chi connectivity index (χ0v) is 17.5. The second kappa shape index (κ2) is 9.93. The molecule has 0 aliphatic rings. The summed E-state index contributed by atoms with van der Waals surface area (Å²) < 4.78 is 5.16. The summed E-state index contributed by atoms with van der Waals surface area (Å²) in [5.41, 5.74) is 5.27. The summed E-state index contributed by atoms with van der Waals surface area (Å²) in [6.07, 6.45) is 1.01. The first-order valence-electron chi connectivity index (χ1n) is 9.56. The molecule has 150 valence electrons. The van der Waals surface area contributed by atoms with Crippen LogP contribution in [0.25, 0.3) is 0 Å². The largest absolute Gasteiger partial charge is 0.497 e. The van der Waals surface area contributed by atoms with Crippen LogP contribution in [0.2, 0.25) is 0 Å². The average molecular weight is 383 g/mol. The Bertz CT molecular complexity index is 805. The zero-order valence-electron chi connectivity index (χ0n) is 17.5. The predicted molar refractivity (Wildman–Crippen MR) is 113 cm³/mol. The first kappa shape index (κ1) is 21.5. The molecule has 0 aliphatic heterocycles. The Morgan fingerprint density at radius 3 is 2.14 bits per heavy atom. The van der Waals surface area contributed by atoms with Crippen LogP contribution in [0.5, 0.6) is 5.75 Å². The Hall–Kier alpha value is -2.82. The third kappa shape index (κ3) is 6.12. The van der Waals surface area contributed by atoms with E-state index < -0.39 is 0 Å². The van der Waals surface area contributed by atoms with Crippen LogP contribution in [-0.4, -0.2) is 36.9 Å². The van der Waals surface area contributed by atoms with Crippen LogP contribution in [-0.2, 0) is 16.0 Å². The molecule has 0 spiro atoms. The summed E-state index contributed by atoms with van der Waals surface area (Å²) in [4.78, 5) is 26.1. The van der Waals surface area contributed by atoms with Crippen molar-refractivity contribution in [1.29, 1.82) is 0 Å². The monoisotopic (exact) mass is 382 g/mol. The van der Waals surface area contributed by atoms with Gasteiger partial charge in [-0.2, -0.15) is 0 Å². The quantitative estimate of drug-likeness (QED) is 0.750. The van der Waals surface area contributed by atoms with Crippen LogP contribution in [0.1, 0.15) is 35.6 Å². The van der Waals surface area contributed by atoms with Gasteiger partial charge >= 0.3 is 0 Å². The van der Waals surface area contributed by atoms with E-state index in [2.05, 4.69) is 17.4 Å². The third-order valence-electron chi connectivity index (χ3n) is 4.83. The normalized spacial score (nSPS) is 10.5. The molecule has 2 rings (SSSR count). The summed E-state index contributed by atoms with van der Waals surface area (Å²) in [5.74, 6) is 0.709. The minimum Gasteiger partial charge on any atom is -0.497 e. The van der Waals surface area contributed by atoms with Gasteiger partial charge in [-0.15, -0.1) is 0 Å². The molecule has 2 aromatic rings. The van der Waals surface area contributed by atoms with Gasteiger partial charge in [0, 0.05) is 32.1 Å². The minimum absolute atomic E-state index is 0.0241. The minimum atomic E-state index is -0.0780. The van der Waals surface area contributed by atoms with Crippen LogP contribution in [0.4, 0.5) is 5.69 Å². The van der Waals surface area contributed by atoms with Gasteiger partial charge in [-0.05, 0) is 56.0 Å². The van der Waals surface area contributed by atoms with E-state index in [9.17, 15) is 9.59 Å². The zero-order chi connectivity index (χ0) is 20.7. The number of nitrogens with zero attached hydrogens (tertiary/aromatic N) is 1. The fourth-order valence-electron chi connectivity index (χ4n) is 3.30. The molecule has 2 amide bonds. The number of amides is 2. The highest BCUT2D eigenvalue weighted by atomic mass is 16.5. The maximum absolute atomic E-state index is 12.4. The Balaban J connectivity index is 1.90. The molecule has 5 nitrogen and oxygen atoms in total. The second-order valence-electron chi connectivity index (χ2n) is 7.18. The summed E-state index contributed by atoms with van der Waals surface area (Å²) in [6.45, 7) is 8.55. The number of nitrogens with one attached hydrogen (secondary N) is 1. The lowest BCUT2D eigenvalue weighted by Gasteiger charge is -2.21. The van der Waals surface area contributed by atoms with Crippen molar-refractivity contribution in [1.82, 2.24) is 4.90 Å². The second-order valence-corrected chi connectivity index (χ2v) is 7.18. The number of carbonyl (C=O) groups is 2. The number of ether oxygens (including phenoxy) is 1. The molecule has 2 aromatic carbocycles. The fraction of sp³-hybridized carbons (Fsp3) is 0.391. The summed E-state index contributed by atoms with van der Waals surface area (Å²) in [5, 5.41) is 3.00. The van der Waals surface area contributed by atoms with Gasteiger partial charge in [0.05, 0.1) is 7.11 Å². The Kier molecular flexibility index (Phi) is 7.61. The molecule has 0 radical (unpaired) electrons. The van der Waals surface area contributed by atoms with E-state index in [-0.39, 0.29) is 18.2 Å². The van der Waals surface area contributed by atoms with Crippen molar-refractivity contribution in [2.24, 2.45) is 0 Å². The number of carbonyl (C=O) groups excluding carboxylic acids is 2. The maximum atomic E-state index is 12.4. The van der Waals surface area contributed by atoms with Gasteiger partial charge in [0.25, 0.3) is 0 Å². The Morgan fingerprint density at radius 2 is 1.61 bits per heavy atom. The van der Waals surface area contributed by atoms with Crippen LogP contribution in [0, 0.1) is 20.8 Å². The number of benzene rings is 2. The molecule has 1 N–H and O–H groups in total. The third-order valence-corrected chi connectivity index (χ3v) is 4.83. The van der Waals surface area contributed by atoms with Crippen LogP contribution < -0.4 is 10.1 Å². The lowest BCUT2D eigenvalue weighted by Crippen LogP contribution is -2.33. The van der Waals surface area contributed by atoms with Gasteiger partial charge in [-0.25, -0.2) is 0 Å². The molecule has 0 fully saturated rings. The smallest absolute Gasteiger partial charge is 0.226 e. The van der Waals surface area contributed by atoms with Crippen molar-refractivity contribution in [2.75, 3.05) is 25.5 Å². The van der Waals surface area contributed by atoms with Crippen molar-refractivity contribution in [2.45, 2.75) is 40.5 Å². The van der Waals surface area contributed by atoms with E-state index in [0.717, 1.165) is 34.5 Å². The molecule has 5 heteroatoms. The van der Waals surface area contributed by atoms with E-state index >= 15 is 0 Å². The standard InChI is InChI=1S/C23H30N2O3/c1-16-14-17(2)23(18(3)15-16)24-22(27)11-13-25(19(4)26)12-10-20-6-8-21(28-5)9-7-20/h6-9,14-15H,10-13H2,1-5H3,(H,24,27). The number of rotatable bonds is 8. The van der Waals surface area contributed by atoms with Gasteiger partial charge in [0.2, 0.25) is 11.8 Å². The topological polar surface area (TPSA) is 58.6 Å². The van der Waals surface area contributed by atoms with Gasteiger partial charge in [-0.3, -0.25) is 9.59 Å². The molecule has 0 aliphatic carbocycles. The van der Waals surface area contributed by atoms with Crippen molar-refractivity contribution in [3.8, 4) is 5.75 Å². The molecule has 0 saturated carbocycles. The van der Waals surface area contributed by atoms with Crippen LogP contribution in [0.3, 0.4) is 0 Å². The highest BCUT2D eigenvalue weighted by Crippen LogP contribution is 2.22. The van der Waals surface area contributed by atoms with E-state index in [4.69, 9.17) is 4.74 Å². The number of hydrogen-bond donors (Lipinski definition) is 1. The molecule has 0 aromatic heterocycles. The first-order chi connectivity index (χ1) is 13.3. The van der Waals surface area contributed by atoms with Gasteiger partial charge in [0.15, 0.2) is 0 Å². The molecule has 0 saturated heterocycles. The number of methoxy groups -OCH3 is 1. The number of aryl methyl sites for hydroxylation is 3. The van der Waals surface area contributed by atoms with Gasteiger partial charge < -0.3 is 15.0 Å². The first-order valence-corrected chi connectivity index (χ1v) is 9.56. The van der Waals surface area contributed by atoms with Crippen molar-refractivity contribution >= 4 is 17.5 Å². The molecule has 0 bridgehead atoms. The maximum Gasteiger partial charge on any atom is 0.226 e. The average Bonchev–Trinajstić information content (AvgIpc) is 2.64. The van der Waals surface area contributed by atoms with Crippen LogP contribution >= 0.6 is 0 Å². The summed E-state index contributed by atoms with van der Waals surface area (Å²) in [6, 6.07) is 11.9. The van der Waals surface area contributed by atoms with Gasteiger partial charge in [0.1, 0.15) is 5.75 Å². The van der Waals surface area contributed by atoms with Crippen molar-refractivity contribution in [3.63, 3.8) is 0 Å². The van der Waals surface area contributed by atoms with E-state index in [1.54, 1.807) is 18.9 Å². The Morgan fingerprint density at radius 1 is 1.00 bits per heavy atom. The molecular formula is C23H30N2O3. The number of hydrogen-bond acceptors (Lipinski definition) is 3. The van der Waals surface area contributed by atoms with E-state index in [1.807, 2.05) is 45.0 Å². The summed E-state index contributed by atoms with van der Waals surface area (Å²) >= 11 is 0. The molecule has 0 heterocycles. The van der Waals surface area contributed by atoms with E-state index in [0.29, 0.717) is 13.1 Å². The Labute approximate surface area is 167 Å². The lowest BCUT2D eigenvalue weighted by molar-refractivity contribution is -0.129. The molecule has 0 atom stereocenters. The fourth-order valence-corrected chi connectivity index (χ4v) is 3.30. The lowest BCUT2D eigenvalue weighted by atomic mass is 10.0. The predicted octanol–water partition coefficient (Wildman–Crippen LogP) is 4.04. The van der Waals surface area contributed by atoms with Gasteiger partial charge in [-0.1, -0.05) is 29.8 Å². The van der Waals surface area contributed by atoms with Crippen molar-refractivity contribution < 1.29 is 14.3 Å². The number of anilines is 1. The SMILES string of the molecule is COc1ccc(CCN(CCC(=O)Nc2c(C)cc(C)cc2C)C(C)=O)cc1. The van der Waals surface area contributed by atoms with Crippen LogP contribution in [0.15, 0.2) is 36.4 Å². The van der Waals surface area contributed by atoms with Crippen molar-refractivity contribution in [3.05, 3.63) is 58.7 Å². The molecule has 0 unspecified atom stereocenters.